The largest absolute Gasteiger partial charge is 0.472 e. The van der Waals surface area contributed by atoms with Gasteiger partial charge in [-0.25, -0.2) is 9.13 Å². The number of unbranched alkanes of at least 4 members (excludes halogenated alkanes) is 24. The van der Waals surface area contributed by atoms with Crippen molar-refractivity contribution in [3.05, 3.63) is 122 Å². The van der Waals surface area contributed by atoms with Gasteiger partial charge in [-0.05, 0) is 109 Å². The van der Waals surface area contributed by atoms with Gasteiger partial charge in [0, 0.05) is 19.3 Å². The van der Waals surface area contributed by atoms with E-state index >= 15 is 0 Å². The van der Waals surface area contributed by atoms with Gasteiger partial charge in [0.2, 0.25) is 0 Å². The molecule has 5 unspecified atom stereocenters. The highest BCUT2D eigenvalue weighted by molar-refractivity contribution is 7.47. The number of allylic oxidation sites excluding steroid dienone is 20. The molecule has 4 N–H and O–H groups in total. The summed E-state index contributed by atoms with van der Waals surface area (Å²) in [5, 5.41) is 20.6. The van der Waals surface area contributed by atoms with Gasteiger partial charge in [-0.15, -0.1) is 0 Å². The highest BCUT2D eigenvalue weighted by Gasteiger charge is 2.29. The van der Waals surface area contributed by atoms with Crippen LogP contribution in [0.1, 0.15) is 278 Å². The van der Waals surface area contributed by atoms with Crippen molar-refractivity contribution in [3.8, 4) is 0 Å². The van der Waals surface area contributed by atoms with E-state index in [2.05, 4.69) is 142 Å². The zero-order chi connectivity index (χ0) is 68.1. The Morgan fingerprint density at radius 3 is 0.903 bits per heavy atom. The predicted molar refractivity (Wildman–Crippen MR) is 380 cm³/mol. The summed E-state index contributed by atoms with van der Waals surface area (Å²) in [6.45, 7) is 2.40. The molecule has 0 aliphatic rings. The van der Waals surface area contributed by atoms with Crippen molar-refractivity contribution in [3.63, 3.8) is 0 Å². The average molecular weight is 1350 g/mol. The fourth-order valence-electron chi connectivity index (χ4n) is 9.27. The molecule has 0 bridgehead atoms. The maximum atomic E-state index is 12.9. The molecule has 0 fully saturated rings. The SMILES string of the molecule is CC/C=C\C/C=C\C/C=C\C/C=C\C/C=C\C/C=C\CCCCCCCCCCCCC(=O)OCC(O)COP(=O)(O)OCC(O)COP(=O)(O)OCC(COC(=O)CCCCCC/C=C\C/C=C\C/C=C\C/C=C\CC)OC(=O)CCCCCCCCCCCCC. The first-order valence-corrected chi connectivity index (χ1v) is 38.8. The van der Waals surface area contributed by atoms with E-state index in [9.17, 15) is 43.5 Å². The molecule has 0 saturated carbocycles. The fraction of sp³-hybridized carbons (Fsp3) is 0.693. The van der Waals surface area contributed by atoms with Crippen LogP contribution in [0.25, 0.3) is 0 Å². The summed E-state index contributed by atoms with van der Waals surface area (Å²) in [6, 6.07) is 0. The van der Waals surface area contributed by atoms with Crippen molar-refractivity contribution in [1.82, 2.24) is 0 Å². The number of esters is 3. The Balaban J connectivity index is 4.46. The second kappa shape index (κ2) is 67.9. The van der Waals surface area contributed by atoms with E-state index in [1.807, 2.05) is 0 Å². The summed E-state index contributed by atoms with van der Waals surface area (Å²) < 4.78 is 60.9. The molecule has 0 aromatic heterocycles. The van der Waals surface area contributed by atoms with E-state index in [4.69, 9.17) is 32.3 Å². The van der Waals surface area contributed by atoms with Crippen molar-refractivity contribution in [2.45, 2.75) is 296 Å². The first-order chi connectivity index (χ1) is 45.2. The molecule has 0 spiro atoms. The normalized spacial score (nSPS) is 14.9. The lowest BCUT2D eigenvalue weighted by atomic mass is 10.1. The minimum absolute atomic E-state index is 0.0997. The van der Waals surface area contributed by atoms with E-state index in [0.29, 0.717) is 19.3 Å². The van der Waals surface area contributed by atoms with Gasteiger partial charge in [0.25, 0.3) is 0 Å². The second-order valence-corrected chi connectivity index (χ2v) is 26.5. The van der Waals surface area contributed by atoms with Gasteiger partial charge in [-0.2, -0.15) is 0 Å². The van der Waals surface area contributed by atoms with Gasteiger partial charge in [-0.3, -0.25) is 32.5 Å². The van der Waals surface area contributed by atoms with E-state index in [1.165, 1.54) is 70.6 Å². The van der Waals surface area contributed by atoms with Crippen molar-refractivity contribution < 1.29 is 75.8 Å². The van der Waals surface area contributed by atoms with Gasteiger partial charge < -0.3 is 34.2 Å². The third-order valence-electron chi connectivity index (χ3n) is 14.7. The Hall–Kier alpha value is -4.05. The Labute approximate surface area is 563 Å². The Bertz CT molecular complexity index is 2180. The van der Waals surface area contributed by atoms with Crippen LogP contribution >= 0.6 is 15.6 Å². The zero-order valence-electron chi connectivity index (χ0n) is 57.9. The molecule has 16 nitrogen and oxygen atoms in total. The van der Waals surface area contributed by atoms with Gasteiger partial charge >= 0.3 is 33.6 Å². The number of rotatable bonds is 67. The molecule has 0 amide bonds. The van der Waals surface area contributed by atoms with E-state index < -0.39 is 91.5 Å². The number of carbonyl (C=O) groups is 3. The quantitative estimate of drug-likeness (QED) is 0.0146. The highest BCUT2D eigenvalue weighted by atomic mass is 31.2. The molecule has 0 aromatic carbocycles. The van der Waals surface area contributed by atoms with Crippen molar-refractivity contribution in [2.75, 3.05) is 39.6 Å². The number of phosphoric acid groups is 2. The molecular formula is C75H128O16P2. The number of carbonyl (C=O) groups excluding carboxylic acids is 3. The third kappa shape index (κ3) is 69.1. The summed E-state index contributed by atoms with van der Waals surface area (Å²) in [5.74, 6) is -1.61. The van der Waals surface area contributed by atoms with Gasteiger partial charge in [0.15, 0.2) is 6.10 Å². The number of hydrogen-bond donors (Lipinski definition) is 4. The zero-order valence-corrected chi connectivity index (χ0v) is 59.7. The lowest BCUT2D eigenvalue weighted by molar-refractivity contribution is -0.161. The topological polar surface area (TPSA) is 231 Å². The monoisotopic (exact) mass is 1350 g/mol. The molecule has 0 saturated heterocycles. The van der Waals surface area contributed by atoms with Crippen LogP contribution in [0.4, 0.5) is 0 Å². The number of aliphatic hydroxyl groups is 2. The average Bonchev–Trinajstić information content (AvgIpc) is 2.42. The van der Waals surface area contributed by atoms with Crippen molar-refractivity contribution in [1.29, 1.82) is 0 Å². The molecule has 5 atom stereocenters. The second-order valence-electron chi connectivity index (χ2n) is 23.6. The van der Waals surface area contributed by atoms with E-state index in [-0.39, 0.29) is 19.3 Å². The van der Waals surface area contributed by atoms with Gasteiger partial charge in [-0.1, -0.05) is 271 Å². The Morgan fingerprint density at radius 2 is 0.570 bits per heavy atom. The van der Waals surface area contributed by atoms with Crippen LogP contribution in [0.3, 0.4) is 0 Å². The molecule has 0 aromatic rings. The van der Waals surface area contributed by atoms with Crippen molar-refractivity contribution >= 4 is 33.6 Å². The predicted octanol–water partition coefficient (Wildman–Crippen LogP) is 20.2. The standard InChI is InChI=1S/C75H128O16P2/c1-4-7-10-13-16-19-22-24-26-28-29-30-31-32-33-34-35-36-37-38-39-41-43-44-47-49-52-55-58-61-73(78)85-64-70(76)65-87-92(81,82)88-66-71(77)67-89-93(83,84)90-69-72(91-75(80)63-60-57-54-51-46-21-18-15-12-9-6-3)68-86-74(79)62-59-56-53-50-48-45-42-40-27-25-23-20-17-14-11-8-5-2/h7-8,10-11,16-17,19-20,24-27,29-30,32-33,35-36,42,45,70-72,76-77H,4-6,9,12-15,18,21-23,28,31,34,37-41,43-44,46-69H2,1-3H3,(H,81,82)(H,83,84)/b10-7-,11-8-,19-16-,20-17-,26-24-,27-25-,30-29-,33-32-,36-35-,45-42-. The van der Waals surface area contributed by atoms with Gasteiger partial charge in [0.05, 0.1) is 26.4 Å². The van der Waals surface area contributed by atoms with Crippen LogP contribution in [-0.4, -0.2) is 95.9 Å². The summed E-state index contributed by atoms with van der Waals surface area (Å²) in [7, 11) is -9.78. The maximum Gasteiger partial charge on any atom is 0.472 e. The lowest BCUT2D eigenvalue weighted by Gasteiger charge is -2.21. The molecule has 93 heavy (non-hydrogen) atoms. The minimum atomic E-state index is -4.93. The van der Waals surface area contributed by atoms with Crippen LogP contribution in [0.5, 0.6) is 0 Å². The molecular weight excluding hydrogens is 1220 g/mol. The highest BCUT2D eigenvalue weighted by Crippen LogP contribution is 2.45. The van der Waals surface area contributed by atoms with Crippen LogP contribution < -0.4 is 0 Å². The fourth-order valence-corrected chi connectivity index (χ4v) is 10.9. The molecule has 0 aliphatic carbocycles. The molecule has 534 valence electrons. The smallest absolute Gasteiger partial charge is 0.463 e. The first-order valence-electron chi connectivity index (χ1n) is 35.8. The Kier molecular flexibility index (Phi) is 65.0. The first kappa shape index (κ1) is 89.0. The van der Waals surface area contributed by atoms with Crippen LogP contribution in [0, 0.1) is 0 Å². The molecule has 0 aliphatic heterocycles. The lowest BCUT2D eigenvalue weighted by Crippen LogP contribution is -2.30. The van der Waals surface area contributed by atoms with E-state index in [0.717, 1.165) is 148 Å². The third-order valence-corrected chi connectivity index (χ3v) is 16.6. The summed E-state index contributed by atoms with van der Waals surface area (Å²) >= 11 is 0. The van der Waals surface area contributed by atoms with Crippen LogP contribution in [-0.2, 0) is 55.8 Å². The maximum absolute atomic E-state index is 12.9. The van der Waals surface area contributed by atoms with Crippen LogP contribution in [0.2, 0.25) is 0 Å². The van der Waals surface area contributed by atoms with Crippen LogP contribution in [0.15, 0.2) is 122 Å². The Morgan fingerprint density at radius 1 is 0.312 bits per heavy atom. The van der Waals surface area contributed by atoms with Crippen molar-refractivity contribution in [2.24, 2.45) is 0 Å². The molecule has 18 heteroatoms. The van der Waals surface area contributed by atoms with Gasteiger partial charge in [0.1, 0.15) is 25.4 Å². The number of hydrogen-bond acceptors (Lipinski definition) is 14. The number of aliphatic hydroxyl groups excluding tert-OH is 2. The molecule has 0 radical (unpaired) electrons. The number of phosphoric ester groups is 2. The summed E-state index contributed by atoms with van der Waals surface area (Å²) in [4.78, 5) is 58.3. The summed E-state index contributed by atoms with van der Waals surface area (Å²) in [6.07, 6.45) is 78.4. The van der Waals surface area contributed by atoms with E-state index in [1.54, 1.807) is 0 Å². The molecule has 0 heterocycles. The molecule has 0 rings (SSSR count). The number of ether oxygens (including phenoxy) is 3. The minimum Gasteiger partial charge on any atom is -0.463 e. The summed E-state index contributed by atoms with van der Waals surface area (Å²) in [5.41, 5.74) is 0.